The van der Waals surface area contributed by atoms with Gasteiger partial charge in [-0.3, -0.25) is 0 Å². The van der Waals surface area contributed by atoms with E-state index in [4.69, 9.17) is 9.97 Å². The number of aromatic nitrogens is 4. The first kappa shape index (κ1) is 16.4. The normalized spacial score (nSPS) is 17.3. The zero-order chi connectivity index (χ0) is 18.2. The second-order valence-electron chi connectivity index (χ2n) is 7.45. The standard InChI is InChI=1S/C20H24N6O/c27-16-7-5-15(6-8-16)13-26-14-21-17-18(24-9-1-2-10-24)22-20(23-19(17)26)25-11-3-4-12-25/h5-8,14,27H,1-4,9-13H2. The molecule has 0 amide bonds. The number of fused-ring (bicyclic) bond motifs is 1. The molecule has 2 aliphatic heterocycles. The SMILES string of the molecule is Oc1ccc(Cn2cnc3c(N4CCCC4)nc(N4CCCC4)nc32)cc1. The van der Waals surface area contributed by atoms with E-state index in [1.807, 2.05) is 18.5 Å². The van der Waals surface area contributed by atoms with Crippen LogP contribution in [-0.2, 0) is 6.54 Å². The number of rotatable bonds is 4. The third-order valence-electron chi connectivity index (χ3n) is 5.52. The summed E-state index contributed by atoms with van der Waals surface area (Å²) in [6.07, 6.45) is 6.68. The maximum absolute atomic E-state index is 9.52. The van der Waals surface area contributed by atoms with Crippen LogP contribution in [-0.4, -0.2) is 50.8 Å². The van der Waals surface area contributed by atoms with Crippen LogP contribution in [0.1, 0.15) is 31.2 Å². The van der Waals surface area contributed by atoms with E-state index in [9.17, 15) is 5.11 Å². The van der Waals surface area contributed by atoms with E-state index in [2.05, 4.69) is 19.4 Å². The molecule has 0 bridgehead atoms. The number of phenols is 1. The molecule has 3 aromatic rings. The molecule has 0 unspecified atom stereocenters. The first-order valence-corrected chi connectivity index (χ1v) is 9.78. The van der Waals surface area contributed by atoms with Crippen molar-refractivity contribution < 1.29 is 5.11 Å². The molecule has 1 N–H and O–H groups in total. The Bertz CT molecular complexity index is 939. The van der Waals surface area contributed by atoms with Gasteiger partial charge < -0.3 is 19.5 Å². The van der Waals surface area contributed by atoms with Gasteiger partial charge in [0.15, 0.2) is 17.0 Å². The van der Waals surface area contributed by atoms with E-state index < -0.39 is 0 Å². The van der Waals surface area contributed by atoms with Crippen LogP contribution in [0.25, 0.3) is 11.2 Å². The molecule has 2 saturated heterocycles. The van der Waals surface area contributed by atoms with Crippen molar-refractivity contribution in [2.24, 2.45) is 0 Å². The molecule has 0 spiro atoms. The van der Waals surface area contributed by atoms with Gasteiger partial charge in [-0.15, -0.1) is 0 Å². The predicted octanol–water partition coefficient (Wildman–Crippen LogP) is 2.78. The number of aromatic hydroxyl groups is 1. The van der Waals surface area contributed by atoms with Gasteiger partial charge in [-0.05, 0) is 43.4 Å². The zero-order valence-corrected chi connectivity index (χ0v) is 15.4. The minimum absolute atomic E-state index is 0.282. The third kappa shape index (κ3) is 3.07. The van der Waals surface area contributed by atoms with Crippen molar-refractivity contribution in [3.8, 4) is 5.75 Å². The van der Waals surface area contributed by atoms with Crippen LogP contribution < -0.4 is 9.80 Å². The summed E-state index contributed by atoms with van der Waals surface area (Å²) in [5.41, 5.74) is 2.89. The molecule has 27 heavy (non-hydrogen) atoms. The highest BCUT2D eigenvalue weighted by atomic mass is 16.3. The molecule has 0 atom stereocenters. The molecular formula is C20H24N6O. The Labute approximate surface area is 158 Å². The van der Waals surface area contributed by atoms with Crippen LogP contribution in [0, 0.1) is 0 Å². The van der Waals surface area contributed by atoms with Crippen LogP contribution in [0.2, 0.25) is 0 Å². The molecule has 2 aliphatic rings. The predicted molar refractivity (Wildman–Crippen MR) is 105 cm³/mol. The van der Waals surface area contributed by atoms with Gasteiger partial charge in [-0.2, -0.15) is 9.97 Å². The number of benzene rings is 1. The van der Waals surface area contributed by atoms with E-state index in [1.54, 1.807) is 12.1 Å². The van der Waals surface area contributed by atoms with Gasteiger partial charge in [0.05, 0.1) is 12.9 Å². The lowest BCUT2D eigenvalue weighted by Gasteiger charge is -2.21. The number of hydrogen-bond acceptors (Lipinski definition) is 6. The van der Waals surface area contributed by atoms with Crippen LogP contribution in [0.4, 0.5) is 11.8 Å². The second kappa shape index (κ2) is 6.72. The van der Waals surface area contributed by atoms with Crippen molar-refractivity contribution >= 4 is 22.9 Å². The largest absolute Gasteiger partial charge is 0.508 e. The van der Waals surface area contributed by atoms with Crippen LogP contribution in [0.3, 0.4) is 0 Å². The van der Waals surface area contributed by atoms with E-state index in [0.717, 1.165) is 54.7 Å². The van der Waals surface area contributed by atoms with Gasteiger partial charge in [0.25, 0.3) is 0 Å². The van der Waals surface area contributed by atoms with Gasteiger partial charge in [0.1, 0.15) is 5.75 Å². The number of hydrogen-bond donors (Lipinski definition) is 1. The summed E-state index contributed by atoms with van der Waals surface area (Å²) in [6.45, 7) is 4.80. The molecule has 2 aromatic heterocycles. The van der Waals surface area contributed by atoms with Crippen molar-refractivity contribution in [3.05, 3.63) is 36.2 Å². The van der Waals surface area contributed by atoms with Gasteiger partial charge >= 0.3 is 0 Å². The molecule has 0 radical (unpaired) electrons. The number of imidazole rings is 1. The van der Waals surface area contributed by atoms with E-state index >= 15 is 0 Å². The summed E-state index contributed by atoms with van der Waals surface area (Å²) in [5, 5.41) is 9.52. The number of anilines is 2. The Kier molecular flexibility index (Phi) is 4.07. The molecule has 0 aliphatic carbocycles. The first-order chi connectivity index (χ1) is 13.3. The van der Waals surface area contributed by atoms with E-state index in [1.165, 1.54) is 25.7 Å². The fraction of sp³-hybridized carbons (Fsp3) is 0.450. The first-order valence-electron chi connectivity index (χ1n) is 9.78. The summed E-state index contributed by atoms with van der Waals surface area (Å²) in [6, 6.07) is 7.31. The fourth-order valence-electron chi connectivity index (χ4n) is 4.04. The topological polar surface area (TPSA) is 70.3 Å². The highest BCUT2D eigenvalue weighted by molar-refractivity contribution is 5.85. The van der Waals surface area contributed by atoms with Crippen molar-refractivity contribution in [3.63, 3.8) is 0 Å². The van der Waals surface area contributed by atoms with Crippen molar-refractivity contribution in [2.45, 2.75) is 32.2 Å². The fourth-order valence-corrected chi connectivity index (χ4v) is 4.04. The molecule has 5 rings (SSSR count). The summed E-state index contributed by atoms with van der Waals surface area (Å²) < 4.78 is 2.09. The average Bonchev–Trinajstić information content (AvgIpc) is 3.45. The third-order valence-corrected chi connectivity index (χ3v) is 5.52. The molecule has 2 fully saturated rings. The maximum atomic E-state index is 9.52. The Morgan fingerprint density at radius 3 is 2.22 bits per heavy atom. The molecule has 7 heteroatoms. The highest BCUT2D eigenvalue weighted by Gasteiger charge is 2.24. The average molecular weight is 364 g/mol. The van der Waals surface area contributed by atoms with E-state index in [-0.39, 0.29) is 5.75 Å². The summed E-state index contributed by atoms with van der Waals surface area (Å²) >= 11 is 0. The van der Waals surface area contributed by atoms with Gasteiger partial charge in [0.2, 0.25) is 5.95 Å². The van der Waals surface area contributed by atoms with Crippen molar-refractivity contribution in [1.82, 2.24) is 19.5 Å². The van der Waals surface area contributed by atoms with E-state index in [0.29, 0.717) is 6.54 Å². The lowest BCUT2D eigenvalue weighted by Crippen LogP contribution is -2.24. The van der Waals surface area contributed by atoms with Crippen molar-refractivity contribution in [2.75, 3.05) is 36.0 Å². The molecule has 0 saturated carbocycles. The maximum Gasteiger partial charge on any atom is 0.229 e. The second-order valence-corrected chi connectivity index (χ2v) is 7.45. The van der Waals surface area contributed by atoms with Crippen LogP contribution in [0.5, 0.6) is 5.75 Å². The number of nitrogens with zero attached hydrogens (tertiary/aromatic N) is 6. The van der Waals surface area contributed by atoms with Gasteiger partial charge in [-0.1, -0.05) is 12.1 Å². The highest BCUT2D eigenvalue weighted by Crippen LogP contribution is 2.29. The molecule has 1 aromatic carbocycles. The van der Waals surface area contributed by atoms with Crippen LogP contribution in [0.15, 0.2) is 30.6 Å². The summed E-state index contributed by atoms with van der Waals surface area (Å²) in [5.74, 6) is 2.09. The quantitative estimate of drug-likeness (QED) is 0.768. The Hall–Kier alpha value is -2.83. The Morgan fingerprint density at radius 2 is 1.52 bits per heavy atom. The molecule has 7 nitrogen and oxygen atoms in total. The Balaban J connectivity index is 1.58. The lowest BCUT2D eigenvalue weighted by molar-refractivity contribution is 0.475. The minimum atomic E-state index is 0.282. The molecule has 4 heterocycles. The van der Waals surface area contributed by atoms with Gasteiger partial charge in [0, 0.05) is 26.2 Å². The monoisotopic (exact) mass is 364 g/mol. The smallest absolute Gasteiger partial charge is 0.229 e. The summed E-state index contributed by atoms with van der Waals surface area (Å²) in [7, 11) is 0. The Morgan fingerprint density at radius 1 is 0.852 bits per heavy atom. The minimum Gasteiger partial charge on any atom is -0.508 e. The number of phenolic OH excluding ortho intramolecular Hbond substituents is 1. The van der Waals surface area contributed by atoms with Crippen molar-refractivity contribution in [1.29, 1.82) is 0 Å². The van der Waals surface area contributed by atoms with Crippen LogP contribution >= 0.6 is 0 Å². The molecular weight excluding hydrogens is 340 g/mol. The summed E-state index contributed by atoms with van der Waals surface area (Å²) in [4.78, 5) is 19.1. The zero-order valence-electron chi connectivity index (χ0n) is 15.4. The van der Waals surface area contributed by atoms with Gasteiger partial charge in [-0.25, -0.2) is 4.98 Å². The molecule has 140 valence electrons. The lowest BCUT2D eigenvalue weighted by atomic mass is 10.2.